The Morgan fingerprint density at radius 3 is 2.38 bits per heavy atom. The van der Waals surface area contributed by atoms with Crippen LogP contribution in [-0.4, -0.2) is 32.4 Å². The number of nitrogens with zero attached hydrogens (tertiary/aromatic N) is 1. The molecule has 2 heterocycles. The lowest BCUT2D eigenvalue weighted by molar-refractivity contribution is 0.0949. The van der Waals surface area contributed by atoms with Crippen LogP contribution in [-0.2, 0) is 6.54 Å². The molecule has 1 aromatic carbocycles. The Kier molecular flexibility index (Phi) is 5.12. The first-order chi connectivity index (χ1) is 12.7. The van der Waals surface area contributed by atoms with Crippen molar-refractivity contribution in [3.63, 3.8) is 0 Å². The van der Waals surface area contributed by atoms with Gasteiger partial charge in [0.05, 0.1) is 34.1 Å². The number of carbonyl (C=O) groups is 1. The van der Waals surface area contributed by atoms with E-state index in [1.54, 1.807) is 36.6 Å². The topological polar surface area (TPSA) is 96.0 Å². The minimum absolute atomic E-state index is 0.194. The summed E-state index contributed by atoms with van der Waals surface area (Å²) in [5.41, 5.74) is 0.937. The van der Waals surface area contributed by atoms with Crippen LogP contribution >= 0.6 is 0 Å². The average Bonchev–Trinajstić information content (AvgIpc) is 3.36. The summed E-state index contributed by atoms with van der Waals surface area (Å²) >= 11 is 0. The van der Waals surface area contributed by atoms with E-state index in [0.717, 1.165) is 0 Å². The second-order valence-corrected chi connectivity index (χ2v) is 5.26. The van der Waals surface area contributed by atoms with Crippen molar-refractivity contribution in [2.24, 2.45) is 0 Å². The smallest absolute Gasteiger partial charge is 0.251 e. The van der Waals surface area contributed by atoms with E-state index in [2.05, 4.69) is 10.5 Å². The SMILES string of the molecule is COc1cc(C(=O)NCc2cc(-c3ccco3)on2)cc(OC)c1OC. The van der Waals surface area contributed by atoms with Crippen molar-refractivity contribution in [3.8, 4) is 28.8 Å². The summed E-state index contributed by atoms with van der Waals surface area (Å²) in [6, 6.07) is 8.37. The minimum atomic E-state index is -0.313. The highest BCUT2D eigenvalue weighted by Gasteiger charge is 2.17. The maximum Gasteiger partial charge on any atom is 0.251 e. The highest BCUT2D eigenvalue weighted by molar-refractivity contribution is 5.95. The largest absolute Gasteiger partial charge is 0.493 e. The lowest BCUT2D eigenvalue weighted by Crippen LogP contribution is -2.23. The van der Waals surface area contributed by atoms with Gasteiger partial charge in [-0.25, -0.2) is 0 Å². The first-order valence-electron chi connectivity index (χ1n) is 7.74. The number of benzene rings is 1. The number of nitrogens with one attached hydrogen (secondary N) is 1. The molecule has 136 valence electrons. The number of aromatic nitrogens is 1. The minimum Gasteiger partial charge on any atom is -0.493 e. The quantitative estimate of drug-likeness (QED) is 0.694. The van der Waals surface area contributed by atoms with Crippen LogP contribution < -0.4 is 19.5 Å². The third-order valence-electron chi connectivity index (χ3n) is 3.68. The Balaban J connectivity index is 1.72. The molecule has 8 heteroatoms. The second kappa shape index (κ2) is 7.64. The number of amides is 1. The molecule has 0 aliphatic carbocycles. The van der Waals surface area contributed by atoms with Crippen molar-refractivity contribution in [1.82, 2.24) is 10.5 Å². The van der Waals surface area contributed by atoms with E-state index in [1.807, 2.05) is 0 Å². The predicted octanol–water partition coefficient (Wildman–Crippen LogP) is 2.89. The molecule has 0 fully saturated rings. The molecule has 0 atom stereocenters. The maximum absolute atomic E-state index is 12.4. The van der Waals surface area contributed by atoms with E-state index >= 15 is 0 Å². The number of rotatable bonds is 7. The summed E-state index contributed by atoms with van der Waals surface area (Å²) in [6.45, 7) is 0.194. The molecule has 8 nitrogen and oxygen atoms in total. The Bertz CT molecular complexity index is 860. The van der Waals surface area contributed by atoms with Gasteiger partial charge in [0.1, 0.15) is 5.69 Å². The van der Waals surface area contributed by atoms with Gasteiger partial charge in [-0.1, -0.05) is 5.16 Å². The van der Waals surface area contributed by atoms with Crippen LogP contribution in [0, 0.1) is 0 Å². The molecule has 0 aliphatic rings. The monoisotopic (exact) mass is 358 g/mol. The molecule has 2 aromatic heterocycles. The molecule has 0 spiro atoms. The Hall–Kier alpha value is -3.42. The van der Waals surface area contributed by atoms with Crippen LogP contribution in [0.1, 0.15) is 16.1 Å². The first-order valence-corrected chi connectivity index (χ1v) is 7.74. The fourth-order valence-corrected chi connectivity index (χ4v) is 2.42. The fraction of sp³-hybridized carbons (Fsp3) is 0.222. The van der Waals surface area contributed by atoms with Gasteiger partial charge in [0, 0.05) is 11.6 Å². The van der Waals surface area contributed by atoms with Crippen molar-refractivity contribution in [2.45, 2.75) is 6.54 Å². The van der Waals surface area contributed by atoms with Crippen LogP contribution in [0.25, 0.3) is 11.5 Å². The summed E-state index contributed by atoms with van der Waals surface area (Å²) in [6.07, 6.45) is 1.55. The van der Waals surface area contributed by atoms with Crippen LogP contribution in [0.5, 0.6) is 17.2 Å². The first kappa shape index (κ1) is 17.4. The zero-order valence-corrected chi connectivity index (χ0v) is 14.6. The molecule has 3 aromatic rings. The van der Waals surface area contributed by atoms with Crippen LogP contribution in [0.15, 0.2) is 45.5 Å². The molecule has 0 bridgehead atoms. The standard InChI is InChI=1S/C18H18N2O6/c1-22-15-7-11(8-16(23-2)17(15)24-3)18(21)19-10-12-9-14(26-20-12)13-5-4-6-25-13/h4-9H,10H2,1-3H3,(H,19,21). The number of furan rings is 1. The van der Waals surface area contributed by atoms with E-state index < -0.39 is 0 Å². The second-order valence-electron chi connectivity index (χ2n) is 5.26. The molecule has 0 saturated carbocycles. The maximum atomic E-state index is 12.4. The number of methoxy groups -OCH3 is 3. The number of carbonyl (C=O) groups excluding carboxylic acids is 1. The molecule has 0 radical (unpaired) electrons. The van der Waals surface area contributed by atoms with Gasteiger partial charge in [-0.3, -0.25) is 4.79 Å². The van der Waals surface area contributed by atoms with Crippen molar-refractivity contribution < 1.29 is 27.9 Å². The summed E-state index contributed by atoms with van der Waals surface area (Å²) in [5.74, 6) is 1.97. The molecule has 3 rings (SSSR count). The summed E-state index contributed by atoms with van der Waals surface area (Å²) in [4.78, 5) is 12.4. The fourth-order valence-electron chi connectivity index (χ4n) is 2.42. The van der Waals surface area contributed by atoms with Gasteiger partial charge >= 0.3 is 0 Å². The van der Waals surface area contributed by atoms with Gasteiger partial charge in [0.15, 0.2) is 17.3 Å². The van der Waals surface area contributed by atoms with Crippen molar-refractivity contribution in [3.05, 3.63) is 47.9 Å². The molecule has 26 heavy (non-hydrogen) atoms. The van der Waals surface area contributed by atoms with Crippen molar-refractivity contribution >= 4 is 5.91 Å². The van der Waals surface area contributed by atoms with E-state index in [0.29, 0.717) is 40.0 Å². The molecular weight excluding hydrogens is 340 g/mol. The molecule has 1 N–H and O–H groups in total. The van der Waals surface area contributed by atoms with E-state index in [1.165, 1.54) is 21.3 Å². The average molecular weight is 358 g/mol. The van der Waals surface area contributed by atoms with Gasteiger partial charge in [-0.05, 0) is 24.3 Å². The van der Waals surface area contributed by atoms with Gasteiger partial charge in [-0.2, -0.15) is 0 Å². The van der Waals surface area contributed by atoms with Gasteiger partial charge in [0.2, 0.25) is 11.5 Å². The third kappa shape index (κ3) is 3.49. The van der Waals surface area contributed by atoms with Gasteiger partial charge < -0.3 is 28.5 Å². The number of ether oxygens (including phenoxy) is 3. The highest BCUT2D eigenvalue weighted by Crippen LogP contribution is 2.38. The molecule has 0 saturated heterocycles. The van der Waals surface area contributed by atoms with Crippen LogP contribution in [0.2, 0.25) is 0 Å². The summed E-state index contributed by atoms with van der Waals surface area (Å²) in [5, 5.41) is 6.68. The van der Waals surface area contributed by atoms with Gasteiger partial charge in [0.25, 0.3) is 5.91 Å². The number of hydrogen-bond acceptors (Lipinski definition) is 7. The van der Waals surface area contributed by atoms with Crippen molar-refractivity contribution in [1.29, 1.82) is 0 Å². The zero-order chi connectivity index (χ0) is 18.5. The lowest BCUT2D eigenvalue weighted by Gasteiger charge is -2.13. The molecular formula is C18H18N2O6. The van der Waals surface area contributed by atoms with Crippen LogP contribution in [0.4, 0.5) is 0 Å². The Labute approximate surface area is 149 Å². The molecule has 0 unspecified atom stereocenters. The Morgan fingerprint density at radius 2 is 1.81 bits per heavy atom. The van der Waals surface area contributed by atoms with E-state index in [4.69, 9.17) is 23.2 Å². The third-order valence-corrected chi connectivity index (χ3v) is 3.68. The highest BCUT2D eigenvalue weighted by atomic mass is 16.5. The number of hydrogen-bond donors (Lipinski definition) is 1. The lowest BCUT2D eigenvalue weighted by atomic mass is 10.1. The molecule has 1 amide bonds. The van der Waals surface area contributed by atoms with Gasteiger partial charge in [-0.15, -0.1) is 0 Å². The van der Waals surface area contributed by atoms with E-state index in [-0.39, 0.29) is 12.5 Å². The summed E-state index contributed by atoms with van der Waals surface area (Å²) < 4.78 is 26.2. The van der Waals surface area contributed by atoms with Crippen molar-refractivity contribution in [2.75, 3.05) is 21.3 Å². The van der Waals surface area contributed by atoms with Crippen LogP contribution in [0.3, 0.4) is 0 Å². The Morgan fingerprint density at radius 1 is 1.08 bits per heavy atom. The predicted molar refractivity (Wildman–Crippen MR) is 91.5 cm³/mol. The molecule has 0 aliphatic heterocycles. The van der Waals surface area contributed by atoms with E-state index in [9.17, 15) is 4.79 Å². The normalized spacial score (nSPS) is 10.4. The summed E-state index contributed by atoms with van der Waals surface area (Å²) in [7, 11) is 4.48. The zero-order valence-electron chi connectivity index (χ0n) is 14.6.